The zero-order valence-corrected chi connectivity index (χ0v) is 15.2. The average molecular weight is 371 g/mol. The van der Waals surface area contributed by atoms with Gasteiger partial charge < -0.3 is 14.8 Å². The summed E-state index contributed by atoms with van der Waals surface area (Å²) in [6, 6.07) is 2.12. The van der Waals surface area contributed by atoms with Crippen molar-refractivity contribution >= 4 is 17.8 Å². The number of hydrogen-bond donors (Lipinski definition) is 1. The van der Waals surface area contributed by atoms with Crippen molar-refractivity contribution in [1.82, 2.24) is 5.32 Å². The van der Waals surface area contributed by atoms with Crippen LogP contribution < -0.4 is 5.32 Å². The monoisotopic (exact) mass is 371 g/mol. The zero-order valence-electron chi connectivity index (χ0n) is 15.2. The number of carbonyl (C=O) groups is 3. The second kappa shape index (κ2) is 9.26. The minimum absolute atomic E-state index is 0.0624. The van der Waals surface area contributed by atoms with Gasteiger partial charge in [-0.25, -0.2) is 13.6 Å². The van der Waals surface area contributed by atoms with E-state index in [0.717, 1.165) is 19.2 Å². The zero-order chi connectivity index (χ0) is 19.9. The van der Waals surface area contributed by atoms with Crippen LogP contribution in [0.3, 0.4) is 0 Å². The van der Waals surface area contributed by atoms with Gasteiger partial charge in [-0.2, -0.15) is 0 Å². The number of amides is 1. The van der Waals surface area contributed by atoms with Gasteiger partial charge in [0.15, 0.2) is 0 Å². The fraction of sp³-hybridized carbons (Fsp3) is 0.500. The predicted molar refractivity (Wildman–Crippen MR) is 89.1 cm³/mol. The Morgan fingerprint density at radius 1 is 1.15 bits per heavy atom. The molecule has 1 N–H and O–H groups in total. The molecule has 0 bridgehead atoms. The third kappa shape index (κ3) is 7.16. The average Bonchev–Trinajstić information content (AvgIpc) is 2.52. The predicted octanol–water partition coefficient (Wildman–Crippen LogP) is 2.29. The fourth-order valence-electron chi connectivity index (χ4n) is 2.15. The lowest BCUT2D eigenvalue weighted by Crippen LogP contribution is -2.43. The first kappa shape index (κ1) is 21.5. The molecule has 0 radical (unpaired) electrons. The smallest absolute Gasteiger partial charge is 0.328 e. The van der Waals surface area contributed by atoms with E-state index in [1.54, 1.807) is 20.8 Å². The summed E-state index contributed by atoms with van der Waals surface area (Å²) in [5.74, 6) is -3.79. The third-order valence-electron chi connectivity index (χ3n) is 3.28. The lowest BCUT2D eigenvalue weighted by atomic mass is 10.1. The first-order valence-corrected chi connectivity index (χ1v) is 8.05. The van der Waals surface area contributed by atoms with Gasteiger partial charge in [-0.3, -0.25) is 9.59 Å². The minimum atomic E-state index is -1.13. The van der Waals surface area contributed by atoms with E-state index >= 15 is 0 Å². The Morgan fingerprint density at radius 2 is 1.73 bits per heavy atom. The van der Waals surface area contributed by atoms with Crippen LogP contribution >= 0.6 is 0 Å². The molecule has 1 aromatic carbocycles. The first-order chi connectivity index (χ1) is 12.0. The van der Waals surface area contributed by atoms with E-state index in [4.69, 9.17) is 4.74 Å². The van der Waals surface area contributed by atoms with Gasteiger partial charge in [0.1, 0.15) is 23.3 Å². The number of benzene rings is 1. The third-order valence-corrected chi connectivity index (χ3v) is 3.28. The minimum Gasteiger partial charge on any atom is -0.467 e. The van der Waals surface area contributed by atoms with Crippen LogP contribution in [0.1, 0.15) is 39.2 Å². The molecule has 26 heavy (non-hydrogen) atoms. The molecule has 1 atom stereocenters. The highest BCUT2D eigenvalue weighted by atomic mass is 19.1. The van der Waals surface area contributed by atoms with Gasteiger partial charge in [-0.15, -0.1) is 0 Å². The number of ether oxygens (including phenoxy) is 2. The largest absolute Gasteiger partial charge is 0.467 e. The number of hydrogen-bond acceptors (Lipinski definition) is 5. The molecule has 0 aliphatic rings. The molecule has 144 valence electrons. The molecule has 0 heterocycles. The van der Waals surface area contributed by atoms with Crippen molar-refractivity contribution in [3.8, 4) is 0 Å². The van der Waals surface area contributed by atoms with Crippen molar-refractivity contribution < 1.29 is 32.6 Å². The van der Waals surface area contributed by atoms with Crippen molar-refractivity contribution in [2.75, 3.05) is 7.11 Å². The maximum atomic E-state index is 13.6. The maximum Gasteiger partial charge on any atom is 0.328 e. The first-order valence-electron chi connectivity index (χ1n) is 8.05. The summed E-state index contributed by atoms with van der Waals surface area (Å²) in [5, 5.41) is 2.33. The fourth-order valence-corrected chi connectivity index (χ4v) is 2.15. The van der Waals surface area contributed by atoms with Gasteiger partial charge in [0, 0.05) is 12.0 Å². The molecule has 0 spiro atoms. The van der Waals surface area contributed by atoms with Gasteiger partial charge >= 0.3 is 11.9 Å². The van der Waals surface area contributed by atoms with Gasteiger partial charge in [0.25, 0.3) is 0 Å². The lowest BCUT2D eigenvalue weighted by molar-refractivity contribution is -0.155. The molecule has 0 aliphatic carbocycles. The summed E-state index contributed by atoms with van der Waals surface area (Å²) in [5.41, 5.74) is -1.08. The molecule has 0 aromatic heterocycles. The number of esters is 2. The highest BCUT2D eigenvalue weighted by Crippen LogP contribution is 2.14. The number of methoxy groups -OCH3 is 1. The van der Waals surface area contributed by atoms with Crippen molar-refractivity contribution in [3.63, 3.8) is 0 Å². The van der Waals surface area contributed by atoms with Crippen LogP contribution in [0, 0.1) is 11.6 Å². The molecule has 0 fully saturated rings. The van der Waals surface area contributed by atoms with Gasteiger partial charge in [-0.05, 0) is 39.3 Å². The van der Waals surface area contributed by atoms with E-state index < -0.39 is 53.1 Å². The lowest BCUT2D eigenvalue weighted by Gasteiger charge is -2.21. The standard InChI is InChI=1S/C18H23F2NO5/c1-18(2,3)26-16(23)9-8-14(17(24)25-4)21-15(22)10-11-12(19)6-5-7-13(11)20/h5-7,14H,8-10H2,1-4H3,(H,21,22)/t14-/m1/s1. The normalized spacial score (nSPS) is 12.2. The number of carbonyl (C=O) groups excluding carboxylic acids is 3. The molecule has 1 rings (SSSR count). The van der Waals surface area contributed by atoms with Crippen molar-refractivity contribution in [1.29, 1.82) is 0 Å². The Hall–Kier alpha value is -2.51. The van der Waals surface area contributed by atoms with Crippen LogP contribution in [0.25, 0.3) is 0 Å². The van der Waals surface area contributed by atoms with Crippen LogP contribution in [0.15, 0.2) is 18.2 Å². The summed E-state index contributed by atoms with van der Waals surface area (Å²) in [6.07, 6.45) is -0.781. The Bertz CT molecular complexity index is 650. The van der Waals surface area contributed by atoms with Crippen LogP contribution in [-0.2, 0) is 30.3 Å². The summed E-state index contributed by atoms with van der Waals surface area (Å²) in [6.45, 7) is 5.11. The number of nitrogens with one attached hydrogen (secondary N) is 1. The SMILES string of the molecule is COC(=O)[C@@H](CCC(=O)OC(C)(C)C)NC(=O)Cc1c(F)cccc1F. The molecule has 0 saturated heterocycles. The van der Waals surface area contributed by atoms with Crippen molar-refractivity contribution in [2.45, 2.75) is 51.7 Å². The van der Waals surface area contributed by atoms with E-state index in [-0.39, 0.29) is 12.8 Å². The summed E-state index contributed by atoms with van der Waals surface area (Å²) in [7, 11) is 1.13. The van der Waals surface area contributed by atoms with E-state index in [1.165, 1.54) is 6.07 Å². The topological polar surface area (TPSA) is 81.7 Å². The Labute approximate surface area is 150 Å². The van der Waals surface area contributed by atoms with Gasteiger partial charge in [0.05, 0.1) is 13.5 Å². The second-order valence-corrected chi connectivity index (χ2v) is 6.65. The van der Waals surface area contributed by atoms with Gasteiger partial charge in [-0.1, -0.05) is 6.07 Å². The molecule has 8 heteroatoms. The van der Waals surface area contributed by atoms with E-state index in [9.17, 15) is 23.2 Å². The maximum absolute atomic E-state index is 13.6. The highest BCUT2D eigenvalue weighted by Gasteiger charge is 2.25. The second-order valence-electron chi connectivity index (χ2n) is 6.65. The van der Waals surface area contributed by atoms with Crippen molar-refractivity contribution in [3.05, 3.63) is 35.4 Å². The molecular weight excluding hydrogens is 348 g/mol. The van der Waals surface area contributed by atoms with Crippen molar-refractivity contribution in [2.24, 2.45) is 0 Å². The van der Waals surface area contributed by atoms with E-state index in [1.807, 2.05) is 0 Å². The van der Waals surface area contributed by atoms with Crippen LogP contribution in [0.5, 0.6) is 0 Å². The van der Waals surface area contributed by atoms with Crippen LogP contribution in [-0.4, -0.2) is 36.6 Å². The molecule has 1 amide bonds. The quantitative estimate of drug-likeness (QED) is 0.744. The molecule has 6 nitrogen and oxygen atoms in total. The Balaban J connectivity index is 2.71. The molecule has 0 saturated carbocycles. The number of rotatable bonds is 7. The summed E-state index contributed by atoms with van der Waals surface area (Å²) in [4.78, 5) is 35.6. The van der Waals surface area contributed by atoms with E-state index in [2.05, 4.69) is 10.1 Å². The Kier molecular flexibility index (Phi) is 7.67. The van der Waals surface area contributed by atoms with E-state index in [0.29, 0.717) is 0 Å². The van der Waals surface area contributed by atoms with Gasteiger partial charge in [0.2, 0.25) is 5.91 Å². The summed E-state index contributed by atoms with van der Waals surface area (Å²) >= 11 is 0. The number of halogens is 2. The molecule has 0 unspecified atom stereocenters. The molecular formula is C18H23F2NO5. The summed E-state index contributed by atoms with van der Waals surface area (Å²) < 4.78 is 36.9. The van der Waals surface area contributed by atoms with Crippen LogP contribution in [0.2, 0.25) is 0 Å². The molecule has 1 aromatic rings. The molecule has 0 aliphatic heterocycles. The van der Waals surface area contributed by atoms with Crippen LogP contribution in [0.4, 0.5) is 8.78 Å². The highest BCUT2D eigenvalue weighted by molar-refractivity contribution is 5.86. The Morgan fingerprint density at radius 3 is 2.23 bits per heavy atom.